The highest BCUT2D eigenvalue weighted by Crippen LogP contribution is 2.12. The molecule has 1 atom stereocenters. The van der Waals surface area contributed by atoms with Gasteiger partial charge in [0, 0.05) is 20.2 Å². The van der Waals surface area contributed by atoms with E-state index in [1.54, 1.807) is 7.11 Å². The van der Waals surface area contributed by atoms with Crippen LogP contribution < -0.4 is 5.32 Å². The molecule has 1 unspecified atom stereocenters. The number of benzene rings is 1. The van der Waals surface area contributed by atoms with Crippen molar-refractivity contribution in [3.05, 3.63) is 35.4 Å². The van der Waals surface area contributed by atoms with Gasteiger partial charge in [-0.15, -0.1) is 0 Å². The maximum Gasteiger partial charge on any atom is 0.307 e. The van der Waals surface area contributed by atoms with Gasteiger partial charge in [-0.05, 0) is 23.5 Å². The van der Waals surface area contributed by atoms with E-state index in [-0.39, 0.29) is 5.92 Å². The van der Waals surface area contributed by atoms with Crippen molar-refractivity contribution in [3.8, 4) is 0 Å². The monoisotopic (exact) mass is 323 g/mol. The summed E-state index contributed by atoms with van der Waals surface area (Å²) in [7, 11) is 1.65. The van der Waals surface area contributed by atoms with Crippen LogP contribution in [0.2, 0.25) is 0 Å². The fourth-order valence-corrected chi connectivity index (χ4v) is 2.32. The molecule has 0 amide bonds. The van der Waals surface area contributed by atoms with Crippen LogP contribution in [0.1, 0.15) is 31.4 Å². The molecule has 0 saturated carbocycles. The van der Waals surface area contributed by atoms with E-state index >= 15 is 0 Å². The second-order valence-electron chi connectivity index (χ2n) is 6.16. The summed E-state index contributed by atoms with van der Waals surface area (Å²) < 4.78 is 10.4. The number of rotatable bonds is 12. The van der Waals surface area contributed by atoms with Gasteiger partial charge in [0.05, 0.1) is 25.7 Å². The zero-order valence-corrected chi connectivity index (χ0v) is 14.4. The molecule has 5 nitrogen and oxygen atoms in total. The molecule has 0 fully saturated rings. The van der Waals surface area contributed by atoms with Crippen molar-refractivity contribution in [3.63, 3.8) is 0 Å². The van der Waals surface area contributed by atoms with E-state index in [0.717, 1.165) is 11.1 Å². The van der Waals surface area contributed by atoms with E-state index in [1.165, 1.54) is 0 Å². The van der Waals surface area contributed by atoms with Crippen LogP contribution >= 0.6 is 0 Å². The van der Waals surface area contributed by atoms with Crippen molar-refractivity contribution >= 4 is 5.97 Å². The second kappa shape index (κ2) is 11.2. The fraction of sp³-hybridized carbons (Fsp3) is 0.611. The minimum Gasteiger partial charge on any atom is -0.481 e. The Balaban J connectivity index is 2.33. The summed E-state index contributed by atoms with van der Waals surface area (Å²) >= 11 is 0. The van der Waals surface area contributed by atoms with Crippen LogP contribution in [-0.2, 0) is 27.4 Å². The molecule has 0 aliphatic heterocycles. The van der Waals surface area contributed by atoms with Gasteiger partial charge in [-0.25, -0.2) is 0 Å². The van der Waals surface area contributed by atoms with Crippen molar-refractivity contribution in [1.82, 2.24) is 5.32 Å². The molecule has 23 heavy (non-hydrogen) atoms. The van der Waals surface area contributed by atoms with Gasteiger partial charge in [0.1, 0.15) is 0 Å². The normalized spacial score (nSPS) is 12.5. The molecular weight excluding hydrogens is 294 g/mol. The highest BCUT2D eigenvalue weighted by atomic mass is 16.5. The van der Waals surface area contributed by atoms with Crippen molar-refractivity contribution in [2.24, 2.45) is 11.8 Å². The van der Waals surface area contributed by atoms with E-state index < -0.39 is 5.97 Å². The number of carboxylic acid groups (broad SMARTS) is 1. The number of hydrogen-bond donors (Lipinski definition) is 2. The molecule has 0 aliphatic carbocycles. The molecule has 1 aromatic rings. The number of methoxy groups -OCH3 is 1. The van der Waals surface area contributed by atoms with Crippen molar-refractivity contribution in [2.75, 3.05) is 26.9 Å². The van der Waals surface area contributed by atoms with Crippen molar-refractivity contribution in [1.29, 1.82) is 0 Å². The first-order valence-corrected chi connectivity index (χ1v) is 8.11. The van der Waals surface area contributed by atoms with Gasteiger partial charge in [0.25, 0.3) is 0 Å². The summed E-state index contributed by atoms with van der Waals surface area (Å²) in [5.74, 6) is -0.673. The largest absolute Gasteiger partial charge is 0.481 e. The Kier molecular flexibility index (Phi) is 9.52. The maximum atomic E-state index is 11.2. The third-order valence-electron chi connectivity index (χ3n) is 3.55. The molecule has 0 aromatic heterocycles. The number of carbonyl (C=O) groups is 1. The maximum absolute atomic E-state index is 11.2. The smallest absolute Gasteiger partial charge is 0.307 e. The quantitative estimate of drug-likeness (QED) is 0.579. The van der Waals surface area contributed by atoms with Gasteiger partial charge in [-0.1, -0.05) is 38.1 Å². The van der Waals surface area contributed by atoms with Crippen LogP contribution in [0.3, 0.4) is 0 Å². The lowest BCUT2D eigenvalue weighted by atomic mass is 9.97. The number of ether oxygens (including phenoxy) is 2. The first kappa shape index (κ1) is 19.6. The molecule has 0 saturated heterocycles. The molecule has 0 spiro atoms. The fourth-order valence-electron chi connectivity index (χ4n) is 2.32. The van der Waals surface area contributed by atoms with E-state index in [1.807, 2.05) is 38.1 Å². The summed E-state index contributed by atoms with van der Waals surface area (Å²) in [5, 5.41) is 12.5. The minimum atomic E-state index is -0.727. The zero-order valence-electron chi connectivity index (χ0n) is 14.4. The lowest BCUT2D eigenvalue weighted by molar-refractivity contribution is -0.142. The standard InChI is InChI=1S/C18H29NO4/c1-14(2)10-17(18(20)21)12-19-11-15-4-6-16(7-5-15)13-23-9-8-22-3/h4-7,14,17,19H,8-13H2,1-3H3,(H,20,21). The van der Waals surface area contributed by atoms with Gasteiger partial charge in [-0.3, -0.25) is 4.79 Å². The predicted octanol–water partition coefficient (Wildman–Crippen LogP) is 2.69. The van der Waals surface area contributed by atoms with E-state index in [9.17, 15) is 9.90 Å². The third-order valence-corrected chi connectivity index (χ3v) is 3.55. The van der Waals surface area contributed by atoms with Gasteiger partial charge < -0.3 is 19.9 Å². The molecule has 1 aromatic carbocycles. The Bertz CT molecular complexity index is 445. The average Bonchev–Trinajstić information content (AvgIpc) is 2.51. The number of carboxylic acids is 1. The third kappa shape index (κ3) is 8.69. The number of aliphatic carboxylic acids is 1. The molecule has 0 heterocycles. The second-order valence-corrected chi connectivity index (χ2v) is 6.16. The van der Waals surface area contributed by atoms with Crippen molar-refractivity contribution in [2.45, 2.75) is 33.4 Å². The highest BCUT2D eigenvalue weighted by Gasteiger charge is 2.18. The molecule has 1 rings (SSSR count). The SMILES string of the molecule is COCCOCc1ccc(CNCC(CC(C)C)C(=O)O)cc1. The summed E-state index contributed by atoms with van der Waals surface area (Å²) in [6, 6.07) is 8.15. The Hall–Kier alpha value is -1.43. The number of hydrogen-bond acceptors (Lipinski definition) is 4. The van der Waals surface area contributed by atoms with Crippen LogP contribution in [0.5, 0.6) is 0 Å². The summed E-state index contributed by atoms with van der Waals surface area (Å²) in [6.45, 7) is 7.02. The van der Waals surface area contributed by atoms with E-state index in [2.05, 4.69) is 5.32 Å². The van der Waals surface area contributed by atoms with E-state index in [4.69, 9.17) is 9.47 Å². The molecular formula is C18H29NO4. The Labute approximate surface area is 139 Å². The van der Waals surface area contributed by atoms with Crippen LogP contribution in [0.25, 0.3) is 0 Å². The first-order valence-electron chi connectivity index (χ1n) is 8.11. The summed E-state index contributed by atoms with van der Waals surface area (Å²) in [5.41, 5.74) is 2.26. The molecule has 130 valence electrons. The Morgan fingerprint density at radius 3 is 2.39 bits per heavy atom. The first-order chi connectivity index (χ1) is 11.0. The van der Waals surface area contributed by atoms with Gasteiger partial charge in [-0.2, -0.15) is 0 Å². The van der Waals surface area contributed by atoms with Gasteiger partial charge >= 0.3 is 5.97 Å². The highest BCUT2D eigenvalue weighted by molar-refractivity contribution is 5.70. The molecule has 2 N–H and O–H groups in total. The van der Waals surface area contributed by atoms with Crippen LogP contribution in [-0.4, -0.2) is 37.9 Å². The average molecular weight is 323 g/mol. The molecule has 0 radical (unpaired) electrons. The zero-order chi connectivity index (χ0) is 17.1. The molecule has 0 aliphatic rings. The van der Waals surface area contributed by atoms with Crippen LogP contribution in [0, 0.1) is 11.8 Å². The Morgan fingerprint density at radius 1 is 1.17 bits per heavy atom. The van der Waals surface area contributed by atoms with Crippen LogP contribution in [0.4, 0.5) is 0 Å². The minimum absolute atomic E-state index is 0.330. The lowest BCUT2D eigenvalue weighted by Crippen LogP contribution is -2.29. The van der Waals surface area contributed by atoms with Crippen LogP contribution in [0.15, 0.2) is 24.3 Å². The lowest BCUT2D eigenvalue weighted by Gasteiger charge is -2.15. The Morgan fingerprint density at radius 2 is 1.83 bits per heavy atom. The number of nitrogens with one attached hydrogen (secondary N) is 1. The molecule has 0 bridgehead atoms. The van der Waals surface area contributed by atoms with Gasteiger partial charge in [0.15, 0.2) is 0 Å². The summed E-state index contributed by atoms with van der Waals surface area (Å²) in [4.78, 5) is 11.2. The summed E-state index contributed by atoms with van der Waals surface area (Å²) in [6.07, 6.45) is 0.695. The topological polar surface area (TPSA) is 67.8 Å². The predicted molar refractivity (Wildman–Crippen MR) is 90.3 cm³/mol. The molecule has 5 heteroatoms. The van der Waals surface area contributed by atoms with Gasteiger partial charge in [0.2, 0.25) is 0 Å². The van der Waals surface area contributed by atoms with E-state index in [0.29, 0.717) is 45.2 Å². The van der Waals surface area contributed by atoms with Crippen molar-refractivity contribution < 1.29 is 19.4 Å².